The third kappa shape index (κ3) is 9.31. The van der Waals surface area contributed by atoms with Crippen LogP contribution in [0.3, 0.4) is 0 Å². The van der Waals surface area contributed by atoms with Crippen LogP contribution in [-0.4, -0.2) is 26.3 Å². The predicted molar refractivity (Wildman–Crippen MR) is 57.9 cm³/mol. The first-order valence-electron chi connectivity index (χ1n) is 4.87. The lowest BCUT2D eigenvalue weighted by Gasteiger charge is -2.07. The lowest BCUT2D eigenvalue weighted by Crippen LogP contribution is -2.19. The van der Waals surface area contributed by atoms with Crippen LogP contribution in [0.2, 0.25) is 0 Å². The number of hydrogen-bond donors (Lipinski definition) is 1. The van der Waals surface area contributed by atoms with Crippen LogP contribution in [0.15, 0.2) is 24.8 Å². The Labute approximate surface area is 81.7 Å². The van der Waals surface area contributed by atoms with Crippen LogP contribution in [0.4, 0.5) is 0 Å². The van der Waals surface area contributed by atoms with Crippen molar-refractivity contribution in [1.29, 1.82) is 0 Å². The average Bonchev–Trinajstić information content (AvgIpc) is 2.13. The maximum atomic E-state index is 5.36. The maximum Gasteiger partial charge on any atom is 0.0686 e. The van der Waals surface area contributed by atoms with Crippen LogP contribution in [0.25, 0.3) is 0 Å². The third-order valence-electron chi connectivity index (χ3n) is 1.57. The number of nitrogens with one attached hydrogen (secondary N) is 1. The smallest absolute Gasteiger partial charge is 0.0686 e. The van der Waals surface area contributed by atoms with Gasteiger partial charge < -0.3 is 10.1 Å². The lowest BCUT2D eigenvalue weighted by molar-refractivity contribution is 0.160. The summed E-state index contributed by atoms with van der Waals surface area (Å²) >= 11 is 0. The molecule has 1 N–H and O–H groups in total. The van der Waals surface area contributed by atoms with E-state index < -0.39 is 0 Å². The summed E-state index contributed by atoms with van der Waals surface area (Å²) in [6.07, 6.45) is 3.93. The standard InChI is InChI=1S/C11H21NO/c1-4-6-8-13-10-11(3)9-12-7-5-2/h4,12H,1,3,5-10H2,2H3. The van der Waals surface area contributed by atoms with Gasteiger partial charge in [-0.3, -0.25) is 0 Å². The summed E-state index contributed by atoms with van der Waals surface area (Å²) in [5.41, 5.74) is 1.11. The van der Waals surface area contributed by atoms with Crippen molar-refractivity contribution in [3.05, 3.63) is 24.8 Å². The summed E-state index contributed by atoms with van der Waals surface area (Å²) in [7, 11) is 0. The lowest BCUT2D eigenvalue weighted by atomic mass is 10.3. The fraction of sp³-hybridized carbons (Fsp3) is 0.636. The van der Waals surface area contributed by atoms with Crippen molar-refractivity contribution in [2.75, 3.05) is 26.3 Å². The molecule has 2 heteroatoms. The maximum absolute atomic E-state index is 5.36. The number of ether oxygens (including phenoxy) is 1. The van der Waals surface area contributed by atoms with E-state index in [1.165, 1.54) is 0 Å². The van der Waals surface area contributed by atoms with Gasteiger partial charge in [-0.15, -0.1) is 6.58 Å². The molecule has 0 heterocycles. The Morgan fingerprint density at radius 1 is 1.54 bits per heavy atom. The molecule has 0 spiro atoms. The molecule has 0 rings (SSSR count). The van der Waals surface area contributed by atoms with Gasteiger partial charge in [-0.1, -0.05) is 19.6 Å². The van der Waals surface area contributed by atoms with E-state index in [2.05, 4.69) is 25.4 Å². The minimum Gasteiger partial charge on any atom is -0.377 e. The zero-order valence-corrected chi connectivity index (χ0v) is 8.64. The van der Waals surface area contributed by atoms with Crippen LogP contribution in [-0.2, 0) is 4.74 Å². The van der Waals surface area contributed by atoms with E-state index in [0.717, 1.165) is 38.1 Å². The van der Waals surface area contributed by atoms with Crippen molar-refractivity contribution >= 4 is 0 Å². The largest absolute Gasteiger partial charge is 0.377 e. The van der Waals surface area contributed by atoms with Crippen molar-refractivity contribution in [1.82, 2.24) is 5.32 Å². The minimum atomic E-state index is 0.657. The van der Waals surface area contributed by atoms with Gasteiger partial charge in [-0.25, -0.2) is 0 Å². The molecular formula is C11H21NO. The topological polar surface area (TPSA) is 21.3 Å². The molecule has 0 saturated carbocycles. The molecule has 0 amide bonds. The SMILES string of the molecule is C=CCCOCC(=C)CNCCC. The van der Waals surface area contributed by atoms with E-state index in [1.807, 2.05) is 6.08 Å². The van der Waals surface area contributed by atoms with E-state index >= 15 is 0 Å². The summed E-state index contributed by atoms with van der Waals surface area (Å²) in [4.78, 5) is 0. The summed E-state index contributed by atoms with van der Waals surface area (Å²) in [6, 6.07) is 0. The van der Waals surface area contributed by atoms with Gasteiger partial charge in [0.2, 0.25) is 0 Å². The van der Waals surface area contributed by atoms with Gasteiger partial charge in [-0.05, 0) is 25.0 Å². The molecule has 0 saturated heterocycles. The zero-order valence-electron chi connectivity index (χ0n) is 8.64. The molecule has 0 unspecified atom stereocenters. The summed E-state index contributed by atoms with van der Waals surface area (Å²) in [5, 5.41) is 3.28. The van der Waals surface area contributed by atoms with Crippen LogP contribution < -0.4 is 5.32 Å². The highest BCUT2D eigenvalue weighted by Crippen LogP contribution is 1.91. The Bertz CT molecular complexity index is 143. The molecule has 0 aliphatic rings. The van der Waals surface area contributed by atoms with Gasteiger partial charge in [-0.2, -0.15) is 0 Å². The molecule has 0 aromatic rings. The molecular weight excluding hydrogens is 162 g/mol. The molecule has 0 bridgehead atoms. The molecule has 0 aliphatic heterocycles. The Balaban J connectivity index is 3.15. The highest BCUT2D eigenvalue weighted by Gasteiger charge is 1.93. The number of rotatable bonds is 9. The predicted octanol–water partition coefficient (Wildman–Crippen LogP) is 2.13. The van der Waals surface area contributed by atoms with Crippen molar-refractivity contribution in [3.63, 3.8) is 0 Å². The first-order valence-corrected chi connectivity index (χ1v) is 4.87. The molecule has 2 nitrogen and oxygen atoms in total. The third-order valence-corrected chi connectivity index (χ3v) is 1.57. The van der Waals surface area contributed by atoms with Gasteiger partial charge in [0.15, 0.2) is 0 Å². The monoisotopic (exact) mass is 183 g/mol. The molecule has 0 radical (unpaired) electrons. The Morgan fingerprint density at radius 3 is 2.92 bits per heavy atom. The minimum absolute atomic E-state index is 0.657. The van der Waals surface area contributed by atoms with Gasteiger partial charge >= 0.3 is 0 Å². The fourth-order valence-corrected chi connectivity index (χ4v) is 0.876. The van der Waals surface area contributed by atoms with Crippen LogP contribution in [0, 0.1) is 0 Å². The quantitative estimate of drug-likeness (QED) is 0.437. The van der Waals surface area contributed by atoms with E-state index in [-0.39, 0.29) is 0 Å². The summed E-state index contributed by atoms with van der Waals surface area (Å²) in [6.45, 7) is 13.0. The van der Waals surface area contributed by atoms with E-state index in [0.29, 0.717) is 6.61 Å². The Morgan fingerprint density at radius 2 is 2.31 bits per heavy atom. The van der Waals surface area contributed by atoms with Crippen LogP contribution in [0.1, 0.15) is 19.8 Å². The van der Waals surface area contributed by atoms with Crippen LogP contribution in [0.5, 0.6) is 0 Å². The first-order chi connectivity index (χ1) is 6.31. The second kappa shape index (κ2) is 9.49. The van der Waals surface area contributed by atoms with E-state index in [9.17, 15) is 0 Å². The highest BCUT2D eigenvalue weighted by atomic mass is 16.5. The average molecular weight is 183 g/mol. The molecule has 0 fully saturated rings. The van der Waals surface area contributed by atoms with Gasteiger partial charge in [0.1, 0.15) is 0 Å². The van der Waals surface area contributed by atoms with Crippen molar-refractivity contribution < 1.29 is 4.74 Å². The van der Waals surface area contributed by atoms with E-state index in [4.69, 9.17) is 4.74 Å². The molecule has 13 heavy (non-hydrogen) atoms. The zero-order chi connectivity index (χ0) is 9.94. The van der Waals surface area contributed by atoms with Crippen molar-refractivity contribution in [3.8, 4) is 0 Å². The Kier molecular flexibility index (Phi) is 9.05. The molecule has 0 aliphatic carbocycles. The molecule has 0 aromatic heterocycles. The van der Waals surface area contributed by atoms with Gasteiger partial charge in [0, 0.05) is 6.54 Å². The van der Waals surface area contributed by atoms with Gasteiger partial charge in [0.25, 0.3) is 0 Å². The van der Waals surface area contributed by atoms with Crippen molar-refractivity contribution in [2.45, 2.75) is 19.8 Å². The second-order valence-corrected chi connectivity index (χ2v) is 3.06. The first kappa shape index (κ1) is 12.4. The number of hydrogen-bond acceptors (Lipinski definition) is 2. The second-order valence-electron chi connectivity index (χ2n) is 3.06. The highest BCUT2D eigenvalue weighted by molar-refractivity contribution is 4.96. The van der Waals surface area contributed by atoms with Gasteiger partial charge in [0.05, 0.1) is 13.2 Å². The summed E-state index contributed by atoms with van der Waals surface area (Å²) < 4.78 is 5.36. The molecule has 76 valence electrons. The van der Waals surface area contributed by atoms with Crippen molar-refractivity contribution in [2.24, 2.45) is 0 Å². The normalized spacial score (nSPS) is 9.92. The summed E-state index contributed by atoms with van der Waals surface area (Å²) in [5.74, 6) is 0. The van der Waals surface area contributed by atoms with E-state index in [1.54, 1.807) is 0 Å². The van der Waals surface area contributed by atoms with Crippen LogP contribution >= 0.6 is 0 Å². The fourth-order valence-electron chi connectivity index (χ4n) is 0.876. The Hall–Kier alpha value is -0.600. The molecule has 0 aromatic carbocycles. The molecule has 0 atom stereocenters.